The smallest absolute Gasteiger partial charge is 0.212 e. The number of hydrogen-bond donors (Lipinski definition) is 0. The molecular weight excluding hydrogens is 220 g/mol. The summed E-state index contributed by atoms with van der Waals surface area (Å²) in [5, 5.41) is 0. The number of hydrogen-bond acceptors (Lipinski definition) is 2. The third-order valence-electron chi connectivity index (χ3n) is 3.62. The first-order valence-corrected chi connectivity index (χ1v) is 7.51. The first-order chi connectivity index (χ1) is 6.26. The van der Waals surface area contributed by atoms with Crippen LogP contribution in [0, 0.1) is 11.8 Å². The predicted molar refractivity (Wildman–Crippen MR) is 60.0 cm³/mol. The van der Waals surface area contributed by atoms with Gasteiger partial charge in [-0.1, -0.05) is 13.8 Å². The Labute approximate surface area is 91.5 Å². The topological polar surface area (TPSA) is 34.1 Å². The third-order valence-corrected chi connectivity index (χ3v) is 6.32. The van der Waals surface area contributed by atoms with Gasteiger partial charge in [-0.3, -0.25) is 0 Å². The summed E-state index contributed by atoms with van der Waals surface area (Å²) in [6.07, 6.45) is 3.39. The fourth-order valence-corrected chi connectivity index (χ4v) is 3.35. The Balaban J connectivity index is 2.67. The highest BCUT2D eigenvalue weighted by molar-refractivity contribution is 8.14. The maximum atomic E-state index is 11.4. The largest absolute Gasteiger partial charge is 0.238 e. The van der Waals surface area contributed by atoms with E-state index in [2.05, 4.69) is 13.8 Å². The van der Waals surface area contributed by atoms with Crippen molar-refractivity contribution in [2.75, 3.05) is 0 Å². The molecule has 1 fully saturated rings. The summed E-state index contributed by atoms with van der Waals surface area (Å²) >= 11 is 0. The second-order valence-corrected chi connectivity index (χ2v) is 8.05. The summed E-state index contributed by atoms with van der Waals surface area (Å²) in [5.41, 5.74) is 0. The molecule has 14 heavy (non-hydrogen) atoms. The molecule has 0 amide bonds. The second kappa shape index (κ2) is 4.01. The van der Waals surface area contributed by atoms with Crippen LogP contribution in [-0.2, 0) is 9.05 Å². The molecule has 0 N–H and O–H groups in total. The lowest BCUT2D eigenvalue weighted by molar-refractivity contribution is 0.246. The van der Waals surface area contributed by atoms with E-state index in [9.17, 15) is 8.42 Å². The van der Waals surface area contributed by atoms with Crippen molar-refractivity contribution in [3.63, 3.8) is 0 Å². The van der Waals surface area contributed by atoms with Crippen LogP contribution in [0.4, 0.5) is 0 Å². The van der Waals surface area contributed by atoms with E-state index < -0.39 is 13.8 Å². The molecule has 0 aromatic heterocycles. The molecule has 0 aromatic carbocycles. The first-order valence-electron chi connectivity index (χ1n) is 5.20. The van der Waals surface area contributed by atoms with Crippen molar-refractivity contribution in [2.24, 2.45) is 11.8 Å². The number of halogens is 1. The Morgan fingerprint density at radius 1 is 1.29 bits per heavy atom. The SMILES string of the molecule is CC(C)C1CCC(C)(S(=O)(=O)Cl)CC1. The minimum Gasteiger partial charge on any atom is -0.212 e. The molecule has 84 valence electrons. The van der Waals surface area contributed by atoms with Crippen LogP contribution in [-0.4, -0.2) is 13.2 Å². The van der Waals surface area contributed by atoms with Gasteiger partial charge in [-0.25, -0.2) is 8.42 Å². The minimum absolute atomic E-state index is 0.651. The van der Waals surface area contributed by atoms with Gasteiger partial charge >= 0.3 is 0 Å². The standard InChI is InChI=1S/C10H19ClO2S/c1-8(2)9-4-6-10(3,7-5-9)14(11,12)13/h8-9H,4-7H2,1-3H3. The van der Waals surface area contributed by atoms with Crippen molar-refractivity contribution >= 4 is 19.7 Å². The van der Waals surface area contributed by atoms with Crippen LogP contribution in [0.2, 0.25) is 0 Å². The summed E-state index contributed by atoms with van der Waals surface area (Å²) in [6.45, 7) is 6.16. The van der Waals surface area contributed by atoms with Crippen LogP contribution >= 0.6 is 10.7 Å². The Morgan fingerprint density at radius 3 is 2.00 bits per heavy atom. The highest BCUT2D eigenvalue weighted by Gasteiger charge is 2.41. The molecule has 0 heterocycles. The van der Waals surface area contributed by atoms with Crippen LogP contribution in [0.1, 0.15) is 46.5 Å². The van der Waals surface area contributed by atoms with Gasteiger partial charge in [-0.05, 0) is 44.4 Å². The summed E-state index contributed by atoms with van der Waals surface area (Å²) in [5.74, 6) is 1.32. The average Bonchev–Trinajstić information content (AvgIpc) is 2.03. The Morgan fingerprint density at radius 2 is 1.71 bits per heavy atom. The van der Waals surface area contributed by atoms with E-state index in [0.717, 1.165) is 12.8 Å². The molecule has 2 nitrogen and oxygen atoms in total. The fourth-order valence-electron chi connectivity index (χ4n) is 2.16. The maximum Gasteiger partial charge on any atom is 0.238 e. The molecule has 0 aromatic rings. The minimum atomic E-state index is -3.40. The van der Waals surface area contributed by atoms with Crippen LogP contribution in [0.5, 0.6) is 0 Å². The van der Waals surface area contributed by atoms with Gasteiger partial charge < -0.3 is 0 Å². The van der Waals surface area contributed by atoms with Crippen molar-refractivity contribution in [2.45, 2.75) is 51.2 Å². The van der Waals surface area contributed by atoms with Crippen molar-refractivity contribution in [1.29, 1.82) is 0 Å². The van der Waals surface area contributed by atoms with Gasteiger partial charge in [0.15, 0.2) is 0 Å². The normalized spacial score (nSPS) is 34.8. The maximum absolute atomic E-state index is 11.4. The second-order valence-electron chi connectivity index (χ2n) is 4.97. The monoisotopic (exact) mass is 238 g/mol. The van der Waals surface area contributed by atoms with E-state index in [4.69, 9.17) is 10.7 Å². The van der Waals surface area contributed by atoms with E-state index >= 15 is 0 Å². The van der Waals surface area contributed by atoms with Crippen molar-refractivity contribution in [3.05, 3.63) is 0 Å². The molecule has 4 heteroatoms. The highest BCUT2D eigenvalue weighted by Crippen LogP contribution is 2.41. The summed E-state index contributed by atoms with van der Waals surface area (Å²) in [7, 11) is 2.05. The summed E-state index contributed by atoms with van der Waals surface area (Å²) in [4.78, 5) is 0. The van der Waals surface area contributed by atoms with Gasteiger partial charge in [0.05, 0.1) is 4.75 Å². The van der Waals surface area contributed by atoms with E-state index in [1.54, 1.807) is 6.92 Å². The Bertz CT molecular complexity index is 287. The van der Waals surface area contributed by atoms with Crippen LogP contribution in [0.15, 0.2) is 0 Å². The predicted octanol–water partition coefficient (Wildman–Crippen LogP) is 3.16. The molecule has 1 aliphatic carbocycles. The van der Waals surface area contributed by atoms with Gasteiger partial charge in [0.2, 0.25) is 9.05 Å². The molecule has 0 saturated heterocycles. The first kappa shape index (κ1) is 12.3. The molecule has 1 saturated carbocycles. The lowest BCUT2D eigenvalue weighted by Gasteiger charge is -2.36. The Kier molecular flexibility index (Phi) is 3.53. The zero-order valence-electron chi connectivity index (χ0n) is 9.09. The molecule has 1 rings (SSSR count). The van der Waals surface area contributed by atoms with Gasteiger partial charge in [0.1, 0.15) is 0 Å². The molecule has 0 radical (unpaired) electrons. The van der Waals surface area contributed by atoms with Gasteiger partial charge in [0.25, 0.3) is 0 Å². The fraction of sp³-hybridized carbons (Fsp3) is 1.00. The third kappa shape index (κ3) is 2.43. The lowest BCUT2D eigenvalue weighted by Crippen LogP contribution is -2.37. The molecular formula is C10H19ClO2S. The highest BCUT2D eigenvalue weighted by atomic mass is 35.7. The lowest BCUT2D eigenvalue weighted by atomic mass is 9.77. The van der Waals surface area contributed by atoms with Crippen LogP contribution in [0.25, 0.3) is 0 Å². The molecule has 1 aliphatic rings. The van der Waals surface area contributed by atoms with Crippen LogP contribution < -0.4 is 0 Å². The van der Waals surface area contributed by atoms with Gasteiger partial charge in [-0.2, -0.15) is 0 Å². The van der Waals surface area contributed by atoms with Gasteiger partial charge in [-0.15, -0.1) is 0 Å². The molecule has 0 spiro atoms. The van der Waals surface area contributed by atoms with E-state index in [-0.39, 0.29) is 0 Å². The van der Waals surface area contributed by atoms with Crippen molar-refractivity contribution in [1.82, 2.24) is 0 Å². The zero-order chi connectivity index (χ0) is 11.0. The number of rotatable bonds is 2. The average molecular weight is 239 g/mol. The zero-order valence-corrected chi connectivity index (χ0v) is 10.7. The molecule has 0 atom stereocenters. The van der Waals surface area contributed by atoms with Gasteiger partial charge in [0, 0.05) is 10.7 Å². The molecule has 0 unspecified atom stereocenters. The van der Waals surface area contributed by atoms with Crippen molar-refractivity contribution < 1.29 is 8.42 Å². The Hall–Kier alpha value is 0.240. The van der Waals surface area contributed by atoms with E-state index in [1.807, 2.05) is 0 Å². The van der Waals surface area contributed by atoms with E-state index in [1.165, 1.54) is 0 Å². The molecule has 0 aliphatic heterocycles. The summed E-state index contributed by atoms with van der Waals surface area (Å²) in [6, 6.07) is 0. The molecule has 0 bridgehead atoms. The summed E-state index contributed by atoms with van der Waals surface area (Å²) < 4.78 is 22.0. The quantitative estimate of drug-likeness (QED) is 0.693. The van der Waals surface area contributed by atoms with Crippen molar-refractivity contribution in [3.8, 4) is 0 Å². The van der Waals surface area contributed by atoms with Crippen LogP contribution in [0.3, 0.4) is 0 Å². The van der Waals surface area contributed by atoms with E-state index in [0.29, 0.717) is 24.7 Å².